The number of nitrogens with zero attached hydrogens (tertiary/aromatic N) is 4. The van der Waals surface area contributed by atoms with Crippen LogP contribution in [-0.2, 0) is 6.42 Å². The molecule has 0 amide bonds. The Balaban J connectivity index is 1.96. The minimum atomic E-state index is 0.482. The summed E-state index contributed by atoms with van der Waals surface area (Å²) in [7, 11) is 2.01. The van der Waals surface area contributed by atoms with Crippen LogP contribution >= 0.6 is 0 Å². The summed E-state index contributed by atoms with van der Waals surface area (Å²) in [4.78, 5) is 15.4. The third-order valence-corrected chi connectivity index (χ3v) is 4.49. The first-order valence-electron chi connectivity index (χ1n) is 8.71. The molecule has 130 valence electrons. The highest BCUT2D eigenvalue weighted by molar-refractivity contribution is 5.59. The molecule has 0 saturated carbocycles. The van der Waals surface area contributed by atoms with Crippen molar-refractivity contribution >= 4 is 11.6 Å². The molecule has 2 aromatic rings. The molecule has 3 rings (SSSR count). The van der Waals surface area contributed by atoms with Crippen LogP contribution in [0, 0.1) is 11.8 Å². The predicted molar refractivity (Wildman–Crippen MR) is 100 cm³/mol. The van der Waals surface area contributed by atoms with Gasteiger partial charge in [-0.15, -0.1) is 0 Å². The zero-order valence-electron chi connectivity index (χ0n) is 14.8. The average Bonchev–Trinajstić information content (AvgIpc) is 2.67. The number of piperidine rings is 1. The van der Waals surface area contributed by atoms with Crippen LogP contribution < -0.4 is 16.0 Å². The smallest absolute Gasteiger partial charge is 0.148 e. The molecule has 1 aliphatic rings. The maximum atomic E-state index is 5.64. The van der Waals surface area contributed by atoms with Crippen LogP contribution in [0.1, 0.15) is 36.6 Å². The molecule has 25 heavy (non-hydrogen) atoms. The van der Waals surface area contributed by atoms with E-state index in [4.69, 9.17) is 5.73 Å². The fraction of sp³-hybridized carbons (Fsp3) is 0.421. The number of aryl methyl sites for hydroxylation is 1. The quantitative estimate of drug-likeness (QED) is 0.829. The maximum Gasteiger partial charge on any atom is 0.148 e. The van der Waals surface area contributed by atoms with E-state index in [-0.39, 0.29) is 0 Å². The summed E-state index contributed by atoms with van der Waals surface area (Å²) in [5, 5.41) is 3.37. The highest BCUT2D eigenvalue weighted by Crippen LogP contribution is 2.23. The van der Waals surface area contributed by atoms with Crippen molar-refractivity contribution in [2.75, 3.05) is 30.8 Å². The number of rotatable bonds is 3. The highest BCUT2D eigenvalue weighted by atomic mass is 15.2. The van der Waals surface area contributed by atoms with Gasteiger partial charge in [0.25, 0.3) is 0 Å². The first kappa shape index (κ1) is 17.2. The van der Waals surface area contributed by atoms with E-state index in [1.807, 2.05) is 13.1 Å². The number of aromatic nitrogens is 3. The van der Waals surface area contributed by atoms with E-state index in [0.717, 1.165) is 48.6 Å². The van der Waals surface area contributed by atoms with Crippen molar-refractivity contribution in [3.8, 4) is 11.8 Å². The molecule has 6 nitrogen and oxygen atoms in total. The van der Waals surface area contributed by atoms with Crippen LogP contribution in [0.15, 0.2) is 24.7 Å². The lowest BCUT2D eigenvalue weighted by molar-refractivity contribution is 0.447. The lowest BCUT2D eigenvalue weighted by Crippen LogP contribution is -2.45. The molecule has 3 N–H and O–H groups in total. The molecule has 6 heteroatoms. The van der Waals surface area contributed by atoms with Crippen molar-refractivity contribution < 1.29 is 0 Å². The molecule has 0 aromatic carbocycles. The van der Waals surface area contributed by atoms with Gasteiger partial charge in [0.15, 0.2) is 0 Å². The van der Waals surface area contributed by atoms with Gasteiger partial charge in [-0.3, -0.25) is 0 Å². The van der Waals surface area contributed by atoms with Gasteiger partial charge < -0.3 is 16.0 Å². The maximum absolute atomic E-state index is 5.64. The van der Waals surface area contributed by atoms with E-state index >= 15 is 0 Å². The molecule has 1 saturated heterocycles. The van der Waals surface area contributed by atoms with Gasteiger partial charge >= 0.3 is 0 Å². The Morgan fingerprint density at radius 1 is 1.28 bits per heavy atom. The Kier molecular flexibility index (Phi) is 5.46. The number of nitrogens with two attached hydrogens (primary N) is 1. The number of hydrogen-bond acceptors (Lipinski definition) is 6. The van der Waals surface area contributed by atoms with Crippen LogP contribution in [0.25, 0.3) is 0 Å². The SMILES string of the molecule is CCc1ncnc(N2CCCC(NC)C2)c1C#Cc1ccc(N)nc1. The second-order valence-electron chi connectivity index (χ2n) is 6.17. The van der Waals surface area contributed by atoms with Gasteiger partial charge in [0, 0.05) is 30.9 Å². The third kappa shape index (κ3) is 4.06. The summed E-state index contributed by atoms with van der Waals surface area (Å²) in [6.07, 6.45) is 6.49. The van der Waals surface area contributed by atoms with Gasteiger partial charge in [-0.2, -0.15) is 0 Å². The molecule has 1 fully saturated rings. The van der Waals surface area contributed by atoms with Crippen molar-refractivity contribution in [3.05, 3.63) is 41.5 Å². The molecular weight excluding hydrogens is 312 g/mol. The Morgan fingerprint density at radius 3 is 2.88 bits per heavy atom. The predicted octanol–water partition coefficient (Wildman–Crippen LogP) is 1.60. The van der Waals surface area contributed by atoms with Crippen LogP contribution in [0.3, 0.4) is 0 Å². The van der Waals surface area contributed by atoms with Gasteiger partial charge in [-0.05, 0) is 38.4 Å². The standard InChI is InChI=1S/C19H24N6/c1-3-17-16(8-6-14-7-9-18(20)22-11-14)19(24-13-23-17)25-10-4-5-15(12-25)21-2/h7,9,11,13,15,21H,3-5,10,12H2,1-2H3,(H2,20,22). The fourth-order valence-electron chi connectivity index (χ4n) is 3.07. The summed E-state index contributed by atoms with van der Waals surface area (Å²) in [5.41, 5.74) is 8.36. The van der Waals surface area contributed by atoms with Gasteiger partial charge in [0.05, 0.1) is 11.3 Å². The molecular formula is C19H24N6. The summed E-state index contributed by atoms with van der Waals surface area (Å²) in [6.45, 7) is 4.03. The first-order chi connectivity index (χ1) is 12.2. The number of nitrogens with one attached hydrogen (secondary N) is 1. The topological polar surface area (TPSA) is 80.0 Å². The summed E-state index contributed by atoms with van der Waals surface area (Å²) in [5.74, 6) is 7.89. The minimum absolute atomic E-state index is 0.482. The highest BCUT2D eigenvalue weighted by Gasteiger charge is 2.22. The monoisotopic (exact) mass is 336 g/mol. The number of pyridine rings is 1. The molecule has 0 bridgehead atoms. The van der Waals surface area contributed by atoms with Crippen LogP contribution in [-0.4, -0.2) is 41.1 Å². The molecule has 1 atom stereocenters. The van der Waals surface area contributed by atoms with E-state index in [1.165, 1.54) is 6.42 Å². The number of hydrogen-bond donors (Lipinski definition) is 2. The largest absolute Gasteiger partial charge is 0.384 e. The molecule has 0 radical (unpaired) electrons. The van der Waals surface area contributed by atoms with Crippen LogP contribution in [0.5, 0.6) is 0 Å². The summed E-state index contributed by atoms with van der Waals surface area (Å²) < 4.78 is 0. The van der Waals surface area contributed by atoms with Crippen molar-refractivity contribution in [2.24, 2.45) is 0 Å². The van der Waals surface area contributed by atoms with Gasteiger partial charge in [0.1, 0.15) is 18.0 Å². The zero-order chi connectivity index (χ0) is 17.6. The summed E-state index contributed by atoms with van der Waals surface area (Å²) in [6, 6.07) is 4.12. The first-order valence-corrected chi connectivity index (χ1v) is 8.71. The van der Waals surface area contributed by atoms with Crippen molar-refractivity contribution in [1.29, 1.82) is 0 Å². The zero-order valence-corrected chi connectivity index (χ0v) is 14.8. The Hall–Kier alpha value is -2.65. The van der Waals surface area contributed by atoms with Crippen molar-refractivity contribution in [1.82, 2.24) is 20.3 Å². The lowest BCUT2D eigenvalue weighted by Gasteiger charge is -2.34. The van der Waals surface area contributed by atoms with E-state index in [1.54, 1.807) is 18.6 Å². The van der Waals surface area contributed by atoms with E-state index in [2.05, 4.69) is 43.9 Å². The second-order valence-corrected chi connectivity index (χ2v) is 6.17. The van der Waals surface area contributed by atoms with Crippen molar-refractivity contribution in [3.63, 3.8) is 0 Å². The second kappa shape index (κ2) is 7.95. The van der Waals surface area contributed by atoms with Gasteiger partial charge in [0.2, 0.25) is 0 Å². The van der Waals surface area contributed by atoms with Crippen LogP contribution in [0.2, 0.25) is 0 Å². The fourth-order valence-corrected chi connectivity index (χ4v) is 3.07. The van der Waals surface area contributed by atoms with Gasteiger partial charge in [-0.25, -0.2) is 15.0 Å². The normalized spacial score (nSPS) is 17.0. The Bertz CT molecular complexity index is 775. The van der Waals surface area contributed by atoms with E-state index in [9.17, 15) is 0 Å². The number of nitrogen functional groups attached to an aromatic ring is 1. The van der Waals surface area contributed by atoms with E-state index in [0.29, 0.717) is 11.9 Å². The average molecular weight is 336 g/mol. The van der Waals surface area contributed by atoms with Crippen molar-refractivity contribution in [2.45, 2.75) is 32.2 Å². The van der Waals surface area contributed by atoms with Gasteiger partial charge in [-0.1, -0.05) is 18.8 Å². The molecule has 1 aliphatic heterocycles. The molecule has 0 spiro atoms. The molecule has 0 aliphatic carbocycles. The lowest BCUT2D eigenvalue weighted by atomic mass is 10.0. The molecule has 2 aromatic heterocycles. The summed E-state index contributed by atoms with van der Waals surface area (Å²) >= 11 is 0. The third-order valence-electron chi connectivity index (χ3n) is 4.49. The van der Waals surface area contributed by atoms with Crippen LogP contribution in [0.4, 0.5) is 11.6 Å². The van der Waals surface area contributed by atoms with E-state index < -0.39 is 0 Å². The molecule has 1 unspecified atom stereocenters. The number of likely N-dealkylation sites (N-methyl/N-ethyl adjacent to an activating group) is 1. The Labute approximate surface area is 148 Å². The Morgan fingerprint density at radius 2 is 2.16 bits per heavy atom. The minimum Gasteiger partial charge on any atom is -0.384 e. The molecule has 3 heterocycles. The number of anilines is 2.